The topological polar surface area (TPSA) is 15.3 Å². The molecule has 0 aromatic heterocycles. The SMILES string of the molecule is C=C(CC)CNCC(C)N(C)C1CC1. The van der Waals surface area contributed by atoms with E-state index in [1.807, 2.05) is 0 Å². The van der Waals surface area contributed by atoms with Crippen molar-refractivity contribution >= 4 is 0 Å². The third-order valence-corrected chi connectivity index (χ3v) is 3.13. The molecule has 1 N–H and O–H groups in total. The quantitative estimate of drug-likeness (QED) is 0.627. The average molecular weight is 196 g/mol. The summed E-state index contributed by atoms with van der Waals surface area (Å²) in [6.07, 6.45) is 3.87. The molecule has 1 aliphatic rings. The minimum Gasteiger partial charge on any atom is -0.311 e. The van der Waals surface area contributed by atoms with E-state index in [1.165, 1.54) is 18.4 Å². The fourth-order valence-electron chi connectivity index (χ4n) is 1.57. The van der Waals surface area contributed by atoms with Crippen molar-refractivity contribution in [1.82, 2.24) is 10.2 Å². The molecule has 14 heavy (non-hydrogen) atoms. The molecule has 0 aromatic carbocycles. The second kappa shape index (κ2) is 5.52. The monoisotopic (exact) mass is 196 g/mol. The maximum atomic E-state index is 3.99. The van der Waals surface area contributed by atoms with Gasteiger partial charge in [-0.1, -0.05) is 19.1 Å². The minimum absolute atomic E-state index is 0.646. The molecule has 82 valence electrons. The molecule has 0 aromatic rings. The van der Waals surface area contributed by atoms with Gasteiger partial charge in [0.25, 0.3) is 0 Å². The summed E-state index contributed by atoms with van der Waals surface area (Å²) < 4.78 is 0. The van der Waals surface area contributed by atoms with Crippen LogP contribution >= 0.6 is 0 Å². The molecule has 0 saturated heterocycles. The fourth-order valence-corrected chi connectivity index (χ4v) is 1.57. The highest BCUT2D eigenvalue weighted by molar-refractivity contribution is 4.95. The Morgan fingerprint density at radius 1 is 1.57 bits per heavy atom. The van der Waals surface area contributed by atoms with Gasteiger partial charge < -0.3 is 5.32 Å². The Kier molecular flexibility index (Phi) is 4.63. The molecule has 1 rings (SSSR count). The Hall–Kier alpha value is -0.340. The summed E-state index contributed by atoms with van der Waals surface area (Å²) in [6, 6.07) is 1.51. The summed E-state index contributed by atoms with van der Waals surface area (Å²) in [6.45, 7) is 10.5. The molecule has 1 aliphatic carbocycles. The second-order valence-electron chi connectivity index (χ2n) is 4.48. The van der Waals surface area contributed by atoms with E-state index in [0.29, 0.717) is 6.04 Å². The van der Waals surface area contributed by atoms with Crippen LogP contribution in [-0.2, 0) is 0 Å². The number of likely N-dealkylation sites (N-methyl/N-ethyl adjacent to an activating group) is 1. The molecule has 1 unspecified atom stereocenters. The van der Waals surface area contributed by atoms with E-state index in [0.717, 1.165) is 25.6 Å². The van der Waals surface area contributed by atoms with Gasteiger partial charge in [-0.3, -0.25) is 4.90 Å². The molecule has 1 atom stereocenters. The Balaban J connectivity index is 2.07. The van der Waals surface area contributed by atoms with Crippen LogP contribution in [0.5, 0.6) is 0 Å². The Bertz CT molecular complexity index is 185. The molecule has 0 aliphatic heterocycles. The third-order valence-electron chi connectivity index (χ3n) is 3.13. The first kappa shape index (κ1) is 11.7. The van der Waals surface area contributed by atoms with Crippen LogP contribution in [0.3, 0.4) is 0 Å². The van der Waals surface area contributed by atoms with Crippen LogP contribution in [0.1, 0.15) is 33.1 Å². The van der Waals surface area contributed by atoms with E-state index >= 15 is 0 Å². The van der Waals surface area contributed by atoms with Crippen molar-refractivity contribution in [2.45, 2.75) is 45.2 Å². The zero-order valence-corrected chi connectivity index (χ0v) is 9.84. The van der Waals surface area contributed by atoms with Crippen LogP contribution in [0, 0.1) is 0 Å². The van der Waals surface area contributed by atoms with E-state index < -0.39 is 0 Å². The van der Waals surface area contributed by atoms with Gasteiger partial charge in [0, 0.05) is 25.2 Å². The zero-order chi connectivity index (χ0) is 10.6. The molecule has 2 nitrogen and oxygen atoms in total. The first-order valence-corrected chi connectivity index (χ1v) is 5.74. The van der Waals surface area contributed by atoms with Crippen molar-refractivity contribution < 1.29 is 0 Å². The van der Waals surface area contributed by atoms with Crippen LogP contribution in [0.25, 0.3) is 0 Å². The molecule has 1 saturated carbocycles. The van der Waals surface area contributed by atoms with E-state index in [9.17, 15) is 0 Å². The second-order valence-corrected chi connectivity index (χ2v) is 4.48. The predicted octanol–water partition coefficient (Wildman–Crippen LogP) is 2.02. The number of nitrogens with one attached hydrogen (secondary N) is 1. The van der Waals surface area contributed by atoms with Gasteiger partial charge >= 0.3 is 0 Å². The third kappa shape index (κ3) is 3.81. The van der Waals surface area contributed by atoms with Gasteiger partial charge in [0.2, 0.25) is 0 Å². The summed E-state index contributed by atoms with van der Waals surface area (Å²) in [4.78, 5) is 2.49. The summed E-state index contributed by atoms with van der Waals surface area (Å²) in [5.41, 5.74) is 1.30. The summed E-state index contributed by atoms with van der Waals surface area (Å²) in [5, 5.41) is 3.46. The highest BCUT2D eigenvalue weighted by atomic mass is 15.2. The lowest BCUT2D eigenvalue weighted by molar-refractivity contribution is 0.242. The van der Waals surface area contributed by atoms with E-state index in [2.05, 4.69) is 37.7 Å². The molecular weight excluding hydrogens is 172 g/mol. The van der Waals surface area contributed by atoms with Crippen molar-refractivity contribution in [3.05, 3.63) is 12.2 Å². The van der Waals surface area contributed by atoms with Crippen molar-refractivity contribution in [3.8, 4) is 0 Å². The smallest absolute Gasteiger partial charge is 0.0192 e. The number of nitrogens with zero attached hydrogens (tertiary/aromatic N) is 1. The summed E-state index contributed by atoms with van der Waals surface area (Å²) in [5.74, 6) is 0. The first-order chi connectivity index (χ1) is 6.65. The molecule has 0 heterocycles. The lowest BCUT2D eigenvalue weighted by Gasteiger charge is -2.24. The van der Waals surface area contributed by atoms with E-state index in [1.54, 1.807) is 0 Å². The van der Waals surface area contributed by atoms with Crippen LogP contribution in [0.4, 0.5) is 0 Å². The van der Waals surface area contributed by atoms with Gasteiger partial charge in [-0.25, -0.2) is 0 Å². The van der Waals surface area contributed by atoms with Crippen molar-refractivity contribution in [2.24, 2.45) is 0 Å². The maximum absolute atomic E-state index is 3.99. The molecule has 1 fully saturated rings. The van der Waals surface area contributed by atoms with Crippen molar-refractivity contribution in [3.63, 3.8) is 0 Å². The van der Waals surface area contributed by atoms with Gasteiger partial charge in [0.05, 0.1) is 0 Å². The highest BCUT2D eigenvalue weighted by Crippen LogP contribution is 2.26. The number of hydrogen-bond donors (Lipinski definition) is 1. The first-order valence-electron chi connectivity index (χ1n) is 5.74. The highest BCUT2D eigenvalue weighted by Gasteiger charge is 2.28. The molecule has 0 spiro atoms. The average Bonchev–Trinajstić information content (AvgIpc) is 2.99. The largest absolute Gasteiger partial charge is 0.311 e. The standard InChI is InChI=1S/C12H24N2/c1-5-10(2)8-13-9-11(3)14(4)12-6-7-12/h11-13H,2,5-9H2,1,3-4H3. The fraction of sp³-hybridized carbons (Fsp3) is 0.833. The van der Waals surface area contributed by atoms with Crippen LogP contribution in [0.15, 0.2) is 12.2 Å². The minimum atomic E-state index is 0.646. The maximum Gasteiger partial charge on any atom is 0.0192 e. The van der Waals surface area contributed by atoms with Gasteiger partial charge in [-0.05, 0) is 33.2 Å². The molecule has 0 amide bonds. The van der Waals surface area contributed by atoms with Crippen molar-refractivity contribution in [1.29, 1.82) is 0 Å². The molecular formula is C12H24N2. The van der Waals surface area contributed by atoms with Crippen LogP contribution in [0.2, 0.25) is 0 Å². The summed E-state index contributed by atoms with van der Waals surface area (Å²) >= 11 is 0. The number of rotatable bonds is 7. The zero-order valence-electron chi connectivity index (χ0n) is 9.84. The molecule has 0 bridgehead atoms. The Morgan fingerprint density at radius 3 is 2.71 bits per heavy atom. The van der Waals surface area contributed by atoms with E-state index in [4.69, 9.17) is 0 Å². The van der Waals surface area contributed by atoms with Gasteiger partial charge in [0.15, 0.2) is 0 Å². The molecule has 0 radical (unpaired) electrons. The van der Waals surface area contributed by atoms with Crippen LogP contribution < -0.4 is 5.32 Å². The lowest BCUT2D eigenvalue weighted by Crippen LogP contribution is -2.39. The Labute approximate surface area is 88.4 Å². The van der Waals surface area contributed by atoms with E-state index in [-0.39, 0.29) is 0 Å². The lowest BCUT2D eigenvalue weighted by atomic mass is 10.2. The Morgan fingerprint density at radius 2 is 2.21 bits per heavy atom. The van der Waals surface area contributed by atoms with Gasteiger partial charge in [0.1, 0.15) is 0 Å². The molecule has 2 heteroatoms. The van der Waals surface area contributed by atoms with Crippen molar-refractivity contribution in [2.75, 3.05) is 20.1 Å². The normalized spacial score (nSPS) is 18.6. The number of hydrogen-bond acceptors (Lipinski definition) is 2. The van der Waals surface area contributed by atoms with Gasteiger partial charge in [-0.15, -0.1) is 0 Å². The predicted molar refractivity (Wildman–Crippen MR) is 62.5 cm³/mol. The summed E-state index contributed by atoms with van der Waals surface area (Å²) in [7, 11) is 2.23. The van der Waals surface area contributed by atoms with Crippen LogP contribution in [-0.4, -0.2) is 37.1 Å². The van der Waals surface area contributed by atoms with Gasteiger partial charge in [-0.2, -0.15) is 0 Å².